The molecule has 2 fully saturated rings. The zero-order valence-corrected chi connectivity index (χ0v) is 19.0. The van der Waals surface area contributed by atoms with Crippen molar-refractivity contribution in [3.05, 3.63) is 29.8 Å². The minimum absolute atomic E-state index is 0.0193. The summed E-state index contributed by atoms with van der Waals surface area (Å²) in [6, 6.07) is 7.21. The summed E-state index contributed by atoms with van der Waals surface area (Å²) in [5.74, 6) is 0.842. The number of hydrogen-bond donors (Lipinski definition) is 1. The lowest BCUT2D eigenvalue weighted by molar-refractivity contribution is -0.131. The fourth-order valence-electron chi connectivity index (χ4n) is 4.09. The van der Waals surface area contributed by atoms with Crippen molar-refractivity contribution in [2.75, 3.05) is 86.1 Å². The van der Waals surface area contributed by atoms with E-state index >= 15 is 0 Å². The van der Waals surface area contributed by atoms with Gasteiger partial charge in [0.15, 0.2) is 0 Å². The molecule has 1 aromatic rings. The molecular formula is C23H37N5O3. The molecule has 3 rings (SSSR count). The molecule has 0 radical (unpaired) electrons. The van der Waals surface area contributed by atoms with Crippen LogP contribution in [0.25, 0.3) is 0 Å². The molecule has 0 saturated carbocycles. The molecule has 0 spiro atoms. The van der Waals surface area contributed by atoms with Crippen LogP contribution in [-0.4, -0.2) is 118 Å². The smallest absolute Gasteiger partial charge is 0.253 e. The third kappa shape index (κ3) is 7.19. The number of nitrogens with one attached hydrogen (secondary N) is 1. The first-order valence-corrected chi connectivity index (χ1v) is 11.4. The Bertz CT molecular complexity index is 698. The van der Waals surface area contributed by atoms with Crippen LogP contribution in [0.3, 0.4) is 0 Å². The molecule has 31 heavy (non-hydrogen) atoms. The highest BCUT2D eigenvalue weighted by atomic mass is 16.5. The second-order valence-electron chi connectivity index (χ2n) is 8.40. The number of amides is 2. The van der Waals surface area contributed by atoms with E-state index in [0.29, 0.717) is 25.1 Å². The number of piperazine rings is 2. The molecule has 0 aromatic heterocycles. The summed E-state index contributed by atoms with van der Waals surface area (Å²) < 4.78 is 5.21. The van der Waals surface area contributed by atoms with E-state index in [-0.39, 0.29) is 11.8 Å². The first kappa shape index (κ1) is 23.5. The van der Waals surface area contributed by atoms with Gasteiger partial charge in [-0.3, -0.25) is 9.59 Å². The monoisotopic (exact) mass is 431 g/mol. The van der Waals surface area contributed by atoms with Gasteiger partial charge in [-0.1, -0.05) is 0 Å². The van der Waals surface area contributed by atoms with Gasteiger partial charge in [-0.15, -0.1) is 0 Å². The summed E-state index contributed by atoms with van der Waals surface area (Å²) in [6.07, 6.45) is 1.28. The Kier molecular flexibility index (Phi) is 9.12. The maximum Gasteiger partial charge on any atom is 0.253 e. The molecule has 2 amide bonds. The summed E-state index contributed by atoms with van der Waals surface area (Å²) >= 11 is 0. The Morgan fingerprint density at radius 3 is 2.32 bits per heavy atom. The SMILES string of the molecule is COc1ccc(C(=O)N(CCCN2CCN(C)CC2)CCC(=O)N2CCNCC2)cc1. The number of nitrogens with zero attached hydrogens (tertiary/aromatic N) is 4. The third-order valence-electron chi connectivity index (χ3n) is 6.19. The molecule has 0 unspecified atom stereocenters. The molecule has 2 aliphatic heterocycles. The molecule has 2 aliphatic rings. The van der Waals surface area contributed by atoms with Crippen LogP contribution in [0.15, 0.2) is 24.3 Å². The van der Waals surface area contributed by atoms with Gasteiger partial charge in [0.05, 0.1) is 7.11 Å². The minimum atomic E-state index is -0.0193. The number of carbonyl (C=O) groups is 2. The zero-order valence-electron chi connectivity index (χ0n) is 19.0. The standard InChI is InChI=1S/C23H37N5O3/c1-25-16-18-26(19-17-25)11-3-12-28(13-8-22(29)27-14-9-24-10-15-27)23(30)20-4-6-21(31-2)7-5-20/h4-7,24H,3,8-19H2,1-2H3. The van der Waals surface area contributed by atoms with E-state index in [2.05, 4.69) is 22.2 Å². The summed E-state index contributed by atoms with van der Waals surface area (Å²) in [5.41, 5.74) is 0.634. The minimum Gasteiger partial charge on any atom is -0.497 e. The molecule has 8 heteroatoms. The van der Waals surface area contributed by atoms with Crippen LogP contribution < -0.4 is 10.1 Å². The second kappa shape index (κ2) is 12.0. The van der Waals surface area contributed by atoms with Crippen LogP contribution in [0.2, 0.25) is 0 Å². The molecular weight excluding hydrogens is 394 g/mol. The normalized spacial score (nSPS) is 18.1. The number of benzene rings is 1. The van der Waals surface area contributed by atoms with Gasteiger partial charge in [-0.2, -0.15) is 0 Å². The summed E-state index contributed by atoms with van der Waals surface area (Å²) in [6.45, 7) is 9.59. The van der Waals surface area contributed by atoms with Crippen molar-refractivity contribution < 1.29 is 14.3 Å². The number of hydrogen-bond acceptors (Lipinski definition) is 6. The van der Waals surface area contributed by atoms with Crippen LogP contribution in [0.5, 0.6) is 5.75 Å². The quantitative estimate of drug-likeness (QED) is 0.618. The van der Waals surface area contributed by atoms with E-state index < -0.39 is 0 Å². The number of likely N-dealkylation sites (N-methyl/N-ethyl adjacent to an activating group) is 1. The Morgan fingerprint density at radius 1 is 1.00 bits per heavy atom. The molecule has 1 N–H and O–H groups in total. The van der Waals surface area contributed by atoms with Crippen LogP contribution in [-0.2, 0) is 4.79 Å². The van der Waals surface area contributed by atoms with Gasteiger partial charge in [0, 0.05) is 77.4 Å². The predicted molar refractivity (Wildman–Crippen MR) is 122 cm³/mol. The fraction of sp³-hybridized carbons (Fsp3) is 0.652. The van der Waals surface area contributed by atoms with Crippen molar-refractivity contribution in [3.8, 4) is 5.75 Å². The van der Waals surface area contributed by atoms with Crippen molar-refractivity contribution in [2.45, 2.75) is 12.8 Å². The van der Waals surface area contributed by atoms with Crippen LogP contribution in [0.1, 0.15) is 23.2 Å². The molecule has 2 saturated heterocycles. The molecule has 0 bridgehead atoms. The average molecular weight is 432 g/mol. The Hall–Kier alpha value is -2.16. The molecule has 2 heterocycles. The first-order valence-electron chi connectivity index (χ1n) is 11.4. The van der Waals surface area contributed by atoms with E-state index in [1.165, 1.54) is 0 Å². The van der Waals surface area contributed by atoms with Gasteiger partial charge in [0.2, 0.25) is 5.91 Å². The van der Waals surface area contributed by atoms with Crippen molar-refractivity contribution in [1.29, 1.82) is 0 Å². The lowest BCUT2D eigenvalue weighted by atomic mass is 10.1. The second-order valence-corrected chi connectivity index (χ2v) is 8.40. The lowest BCUT2D eigenvalue weighted by Crippen LogP contribution is -2.47. The Balaban J connectivity index is 1.56. The largest absolute Gasteiger partial charge is 0.497 e. The van der Waals surface area contributed by atoms with Gasteiger partial charge < -0.3 is 29.7 Å². The number of rotatable bonds is 9. The van der Waals surface area contributed by atoms with E-state index in [1.807, 2.05) is 21.9 Å². The van der Waals surface area contributed by atoms with Crippen molar-refractivity contribution in [1.82, 2.24) is 24.9 Å². The number of carbonyl (C=O) groups excluding carboxylic acids is 2. The van der Waals surface area contributed by atoms with Crippen LogP contribution in [0, 0.1) is 0 Å². The maximum absolute atomic E-state index is 13.2. The zero-order chi connectivity index (χ0) is 22.1. The van der Waals surface area contributed by atoms with Gasteiger partial charge >= 0.3 is 0 Å². The Morgan fingerprint density at radius 2 is 1.68 bits per heavy atom. The van der Waals surface area contributed by atoms with Crippen molar-refractivity contribution in [2.24, 2.45) is 0 Å². The summed E-state index contributed by atoms with van der Waals surface area (Å²) in [7, 11) is 3.77. The van der Waals surface area contributed by atoms with Crippen LogP contribution in [0.4, 0.5) is 0 Å². The third-order valence-corrected chi connectivity index (χ3v) is 6.19. The van der Waals surface area contributed by atoms with E-state index in [4.69, 9.17) is 4.74 Å². The Labute approximate surface area is 186 Å². The van der Waals surface area contributed by atoms with Gasteiger partial charge in [-0.05, 0) is 44.3 Å². The topological polar surface area (TPSA) is 68.4 Å². The lowest BCUT2D eigenvalue weighted by Gasteiger charge is -2.33. The molecule has 8 nitrogen and oxygen atoms in total. The number of methoxy groups -OCH3 is 1. The van der Waals surface area contributed by atoms with Crippen molar-refractivity contribution in [3.63, 3.8) is 0 Å². The predicted octanol–water partition coefficient (Wildman–Crippen LogP) is 0.597. The van der Waals surface area contributed by atoms with Gasteiger partial charge in [0.1, 0.15) is 5.75 Å². The van der Waals surface area contributed by atoms with Gasteiger partial charge in [0.25, 0.3) is 5.91 Å². The molecule has 1 aromatic carbocycles. The van der Waals surface area contributed by atoms with Crippen molar-refractivity contribution >= 4 is 11.8 Å². The maximum atomic E-state index is 13.2. The van der Waals surface area contributed by atoms with E-state index in [9.17, 15) is 9.59 Å². The number of ether oxygens (including phenoxy) is 1. The highest BCUT2D eigenvalue weighted by molar-refractivity contribution is 5.94. The van der Waals surface area contributed by atoms with Crippen LogP contribution >= 0.6 is 0 Å². The molecule has 172 valence electrons. The average Bonchev–Trinajstić information content (AvgIpc) is 2.82. The molecule has 0 atom stereocenters. The highest BCUT2D eigenvalue weighted by Gasteiger charge is 2.21. The van der Waals surface area contributed by atoms with E-state index in [1.54, 1.807) is 19.2 Å². The van der Waals surface area contributed by atoms with Gasteiger partial charge in [-0.25, -0.2) is 0 Å². The summed E-state index contributed by atoms with van der Waals surface area (Å²) in [5, 5.41) is 3.27. The van der Waals surface area contributed by atoms with E-state index in [0.717, 1.165) is 71.1 Å². The highest BCUT2D eigenvalue weighted by Crippen LogP contribution is 2.14. The first-order chi connectivity index (χ1) is 15.1. The fourth-order valence-corrected chi connectivity index (χ4v) is 4.09. The summed E-state index contributed by atoms with van der Waals surface area (Å²) in [4.78, 5) is 34.4. The molecule has 0 aliphatic carbocycles.